The number of para-hydroxylation sites is 1. The van der Waals surface area contributed by atoms with Crippen molar-refractivity contribution in [1.82, 2.24) is 4.90 Å². The quantitative estimate of drug-likeness (QED) is 0.876. The number of carbonyl (C=O) groups excluding carboxylic acids is 2. The van der Waals surface area contributed by atoms with Crippen molar-refractivity contribution in [2.24, 2.45) is 0 Å². The fraction of sp³-hybridized carbons (Fsp3) is 0.300. The Kier molecular flexibility index (Phi) is 6.03. The number of nitrogens with one attached hydrogen (secondary N) is 1. The first kappa shape index (κ1) is 18.8. The molecule has 0 aromatic heterocycles. The number of benzene rings is 2. The van der Waals surface area contributed by atoms with E-state index in [2.05, 4.69) is 5.32 Å². The van der Waals surface area contributed by atoms with Crippen LogP contribution in [0.15, 0.2) is 42.5 Å². The van der Waals surface area contributed by atoms with Gasteiger partial charge in [0.2, 0.25) is 0 Å². The molecule has 2 amide bonds. The summed E-state index contributed by atoms with van der Waals surface area (Å²) in [4.78, 5) is 26.5. The van der Waals surface area contributed by atoms with Crippen LogP contribution in [0.5, 0.6) is 5.75 Å². The molecule has 6 nitrogen and oxygen atoms in total. The highest BCUT2D eigenvalue weighted by Crippen LogP contribution is 2.21. The van der Waals surface area contributed by atoms with Gasteiger partial charge in [-0.05, 0) is 36.8 Å². The maximum absolute atomic E-state index is 13.6. The first-order valence-electron chi connectivity index (χ1n) is 8.69. The minimum absolute atomic E-state index is 0.157. The van der Waals surface area contributed by atoms with Crippen molar-refractivity contribution in [2.45, 2.75) is 6.92 Å². The van der Waals surface area contributed by atoms with Crippen LogP contribution in [-0.4, -0.2) is 49.6 Å². The van der Waals surface area contributed by atoms with Crippen LogP contribution in [0, 0.1) is 12.7 Å². The molecular formula is C20H21FN2O4. The number of morpholine rings is 1. The molecule has 1 aliphatic heterocycles. The van der Waals surface area contributed by atoms with Gasteiger partial charge < -0.3 is 19.7 Å². The molecule has 0 radical (unpaired) electrons. The first-order chi connectivity index (χ1) is 13.0. The average Bonchev–Trinajstić information content (AvgIpc) is 2.69. The molecule has 0 bridgehead atoms. The highest BCUT2D eigenvalue weighted by atomic mass is 19.1. The number of amides is 2. The van der Waals surface area contributed by atoms with Crippen LogP contribution in [0.3, 0.4) is 0 Å². The van der Waals surface area contributed by atoms with Gasteiger partial charge in [-0.1, -0.05) is 18.2 Å². The molecule has 2 aromatic carbocycles. The Morgan fingerprint density at radius 3 is 2.67 bits per heavy atom. The van der Waals surface area contributed by atoms with Gasteiger partial charge >= 0.3 is 0 Å². The Morgan fingerprint density at radius 2 is 1.93 bits per heavy atom. The van der Waals surface area contributed by atoms with Gasteiger partial charge in [-0.15, -0.1) is 0 Å². The number of anilines is 1. The van der Waals surface area contributed by atoms with Gasteiger partial charge in [0.1, 0.15) is 11.6 Å². The Morgan fingerprint density at radius 1 is 1.19 bits per heavy atom. The van der Waals surface area contributed by atoms with Crippen LogP contribution in [0.4, 0.5) is 10.1 Å². The lowest BCUT2D eigenvalue weighted by atomic mass is 10.1. The number of nitrogens with zero attached hydrogens (tertiary/aromatic N) is 1. The van der Waals surface area contributed by atoms with E-state index in [0.717, 1.165) is 0 Å². The van der Waals surface area contributed by atoms with Crippen LogP contribution in [-0.2, 0) is 9.53 Å². The van der Waals surface area contributed by atoms with Gasteiger partial charge in [-0.25, -0.2) is 4.39 Å². The summed E-state index contributed by atoms with van der Waals surface area (Å²) < 4.78 is 24.4. The molecule has 1 N–H and O–H groups in total. The molecule has 0 saturated carbocycles. The van der Waals surface area contributed by atoms with Crippen LogP contribution in [0.1, 0.15) is 15.9 Å². The molecule has 0 spiro atoms. The third-order valence-electron chi connectivity index (χ3n) is 4.23. The van der Waals surface area contributed by atoms with Gasteiger partial charge in [-0.2, -0.15) is 0 Å². The van der Waals surface area contributed by atoms with Crippen molar-refractivity contribution in [3.05, 3.63) is 59.4 Å². The standard InChI is InChI=1S/C20H21FN2O4/c1-14-6-7-15(12-17(14)21)22-19(24)13-27-18-5-3-2-4-16(18)20(25)23-8-10-26-11-9-23/h2-7,12H,8-11,13H2,1H3,(H,22,24). The molecule has 7 heteroatoms. The van der Waals surface area contributed by atoms with Crippen molar-refractivity contribution in [3.63, 3.8) is 0 Å². The second-order valence-electron chi connectivity index (χ2n) is 6.20. The highest BCUT2D eigenvalue weighted by Gasteiger charge is 2.21. The maximum atomic E-state index is 13.6. The Hall–Kier alpha value is -2.93. The first-order valence-corrected chi connectivity index (χ1v) is 8.69. The van der Waals surface area contributed by atoms with Gasteiger partial charge in [-0.3, -0.25) is 9.59 Å². The minimum Gasteiger partial charge on any atom is -0.483 e. The summed E-state index contributed by atoms with van der Waals surface area (Å²) in [5.41, 5.74) is 1.25. The number of hydrogen-bond acceptors (Lipinski definition) is 4. The fourth-order valence-corrected chi connectivity index (χ4v) is 2.72. The Bertz CT molecular complexity index is 834. The lowest BCUT2D eigenvalue weighted by Crippen LogP contribution is -2.40. The molecule has 1 fully saturated rings. The monoisotopic (exact) mass is 372 g/mol. The predicted octanol–water partition coefficient (Wildman–Crippen LogP) is 2.62. The van der Waals surface area contributed by atoms with E-state index in [9.17, 15) is 14.0 Å². The summed E-state index contributed by atoms with van der Waals surface area (Å²) in [7, 11) is 0. The summed E-state index contributed by atoms with van der Waals surface area (Å²) in [5, 5.41) is 2.58. The number of halogens is 1. The van der Waals surface area contributed by atoms with Crippen LogP contribution in [0.2, 0.25) is 0 Å². The zero-order valence-corrected chi connectivity index (χ0v) is 15.0. The van der Waals surface area contributed by atoms with E-state index in [-0.39, 0.29) is 12.5 Å². The third kappa shape index (κ3) is 4.83. The van der Waals surface area contributed by atoms with E-state index >= 15 is 0 Å². The smallest absolute Gasteiger partial charge is 0.262 e. The summed E-state index contributed by atoms with van der Waals surface area (Å²) in [6.07, 6.45) is 0. The minimum atomic E-state index is -0.438. The van der Waals surface area contributed by atoms with E-state index in [1.54, 1.807) is 48.2 Å². The largest absolute Gasteiger partial charge is 0.483 e. The number of rotatable bonds is 5. The highest BCUT2D eigenvalue weighted by molar-refractivity contribution is 5.97. The molecule has 0 aliphatic carbocycles. The third-order valence-corrected chi connectivity index (χ3v) is 4.23. The van der Waals surface area contributed by atoms with Gasteiger partial charge in [0.25, 0.3) is 11.8 Å². The van der Waals surface area contributed by atoms with Crippen molar-refractivity contribution < 1.29 is 23.5 Å². The average molecular weight is 372 g/mol. The maximum Gasteiger partial charge on any atom is 0.262 e. The molecular weight excluding hydrogens is 351 g/mol. The molecule has 2 aromatic rings. The summed E-state index contributed by atoms with van der Waals surface area (Å²) in [6, 6.07) is 11.2. The molecule has 142 valence electrons. The molecule has 27 heavy (non-hydrogen) atoms. The number of carbonyl (C=O) groups is 2. The van der Waals surface area contributed by atoms with Crippen LogP contribution in [0.25, 0.3) is 0 Å². The molecule has 1 saturated heterocycles. The van der Waals surface area contributed by atoms with Crippen LogP contribution < -0.4 is 10.1 Å². The van der Waals surface area contributed by atoms with Gasteiger partial charge in [0.05, 0.1) is 18.8 Å². The molecule has 1 heterocycles. The lowest BCUT2D eigenvalue weighted by Gasteiger charge is -2.27. The van der Waals surface area contributed by atoms with E-state index < -0.39 is 11.7 Å². The van der Waals surface area contributed by atoms with Crippen molar-refractivity contribution in [2.75, 3.05) is 38.2 Å². The summed E-state index contributed by atoms with van der Waals surface area (Å²) >= 11 is 0. The van der Waals surface area contributed by atoms with E-state index in [0.29, 0.717) is 48.9 Å². The normalized spacial score (nSPS) is 13.9. The molecule has 0 atom stereocenters. The summed E-state index contributed by atoms with van der Waals surface area (Å²) in [5.74, 6) is -0.656. The number of ether oxygens (including phenoxy) is 2. The topological polar surface area (TPSA) is 67.9 Å². The van der Waals surface area contributed by atoms with Gasteiger partial charge in [0.15, 0.2) is 6.61 Å². The summed E-state index contributed by atoms with van der Waals surface area (Å²) in [6.45, 7) is 3.41. The SMILES string of the molecule is Cc1ccc(NC(=O)COc2ccccc2C(=O)N2CCOCC2)cc1F. The van der Waals surface area contributed by atoms with E-state index in [1.807, 2.05) is 0 Å². The van der Waals surface area contributed by atoms with Gasteiger partial charge in [0, 0.05) is 18.8 Å². The zero-order chi connectivity index (χ0) is 19.2. The number of hydrogen-bond donors (Lipinski definition) is 1. The van der Waals surface area contributed by atoms with E-state index in [1.165, 1.54) is 6.07 Å². The predicted molar refractivity (Wildman–Crippen MR) is 98.4 cm³/mol. The molecule has 3 rings (SSSR count). The number of aryl methyl sites for hydroxylation is 1. The van der Waals surface area contributed by atoms with Crippen molar-refractivity contribution >= 4 is 17.5 Å². The van der Waals surface area contributed by atoms with Crippen molar-refractivity contribution in [1.29, 1.82) is 0 Å². The molecule has 1 aliphatic rings. The van der Waals surface area contributed by atoms with Crippen molar-refractivity contribution in [3.8, 4) is 5.75 Å². The second-order valence-corrected chi connectivity index (χ2v) is 6.20. The zero-order valence-electron chi connectivity index (χ0n) is 15.0. The Balaban J connectivity index is 1.62. The fourth-order valence-electron chi connectivity index (χ4n) is 2.72. The Labute approximate surface area is 156 Å². The van der Waals surface area contributed by atoms with Crippen LogP contribution >= 0.6 is 0 Å². The second kappa shape index (κ2) is 8.64. The molecule has 0 unspecified atom stereocenters. The van der Waals surface area contributed by atoms with E-state index in [4.69, 9.17) is 9.47 Å². The lowest BCUT2D eigenvalue weighted by molar-refractivity contribution is -0.118.